The second-order valence-corrected chi connectivity index (χ2v) is 7.43. The van der Waals surface area contributed by atoms with Crippen LogP contribution >= 0.6 is 0 Å². The van der Waals surface area contributed by atoms with Crippen molar-refractivity contribution in [3.63, 3.8) is 0 Å². The lowest BCUT2D eigenvalue weighted by Gasteiger charge is -2.02. The van der Waals surface area contributed by atoms with Gasteiger partial charge in [0.2, 0.25) is 0 Å². The van der Waals surface area contributed by atoms with Gasteiger partial charge >= 0.3 is 11.8 Å². The van der Waals surface area contributed by atoms with Crippen molar-refractivity contribution in [3.05, 3.63) is 77.5 Å². The summed E-state index contributed by atoms with van der Waals surface area (Å²) in [6, 6.07) is 18.2. The fraction of sp³-hybridized carbons (Fsp3) is 0.217. The molecule has 0 saturated heterocycles. The number of aromatic nitrogens is 2. The highest BCUT2D eigenvalue weighted by molar-refractivity contribution is 6.35. The van der Waals surface area contributed by atoms with E-state index in [0.717, 1.165) is 40.8 Å². The Kier molecular flexibility index (Phi) is 5.70. The van der Waals surface area contributed by atoms with Crippen LogP contribution in [-0.4, -0.2) is 33.9 Å². The van der Waals surface area contributed by atoms with Crippen LogP contribution in [0.1, 0.15) is 29.5 Å². The van der Waals surface area contributed by atoms with E-state index in [-0.39, 0.29) is 6.04 Å². The third kappa shape index (κ3) is 5.00. The number of benzene rings is 2. The number of amides is 2. The summed E-state index contributed by atoms with van der Waals surface area (Å²) in [7, 11) is 0. The lowest BCUT2D eigenvalue weighted by molar-refractivity contribution is -0.139. The molecule has 0 unspecified atom stereocenters. The van der Waals surface area contributed by atoms with E-state index in [1.165, 1.54) is 6.21 Å². The van der Waals surface area contributed by atoms with Gasteiger partial charge < -0.3 is 5.32 Å². The van der Waals surface area contributed by atoms with Gasteiger partial charge in [-0.15, -0.1) is 0 Å². The first-order valence-corrected chi connectivity index (χ1v) is 9.91. The van der Waals surface area contributed by atoms with Crippen LogP contribution in [0.2, 0.25) is 0 Å². The average Bonchev–Trinajstić information content (AvgIpc) is 3.47. The molecule has 152 valence electrons. The first-order chi connectivity index (χ1) is 14.6. The molecule has 1 fully saturated rings. The monoisotopic (exact) mass is 401 g/mol. The van der Waals surface area contributed by atoms with Gasteiger partial charge in [-0.05, 0) is 31.4 Å². The fourth-order valence-corrected chi connectivity index (χ4v) is 3.09. The lowest BCUT2D eigenvalue weighted by Crippen LogP contribution is -2.38. The third-order valence-electron chi connectivity index (χ3n) is 4.76. The molecule has 1 aliphatic carbocycles. The molecule has 0 aliphatic heterocycles. The highest BCUT2D eigenvalue weighted by atomic mass is 16.2. The summed E-state index contributed by atoms with van der Waals surface area (Å²) in [4.78, 5) is 23.6. The molecule has 2 amide bonds. The molecule has 0 spiro atoms. The minimum Gasteiger partial charge on any atom is -0.345 e. The summed E-state index contributed by atoms with van der Waals surface area (Å²) < 4.78 is 1.84. The molecule has 4 rings (SSSR count). The van der Waals surface area contributed by atoms with Crippen LogP contribution in [0, 0.1) is 6.92 Å². The molecule has 0 atom stereocenters. The topological polar surface area (TPSA) is 88.4 Å². The summed E-state index contributed by atoms with van der Waals surface area (Å²) in [5, 5.41) is 11.3. The standard InChI is InChI=1S/C23H23N5O2/c1-16-6-5-9-18(12-16)21-19(13-24-26-23(30)22(29)25-20-10-11-20)15-28(27-21)14-17-7-3-2-4-8-17/h2-9,12-13,15,20H,10-11,14H2,1H3,(H,25,29)(H,26,30)/b24-13-. The van der Waals surface area contributed by atoms with Crippen molar-refractivity contribution in [2.75, 3.05) is 0 Å². The van der Waals surface area contributed by atoms with Gasteiger partial charge in [0.1, 0.15) is 5.69 Å². The summed E-state index contributed by atoms with van der Waals surface area (Å²) in [6.45, 7) is 2.64. The summed E-state index contributed by atoms with van der Waals surface area (Å²) in [5.74, 6) is -1.43. The van der Waals surface area contributed by atoms with Gasteiger partial charge in [-0.1, -0.05) is 54.1 Å². The SMILES string of the molecule is Cc1cccc(-c2nn(Cc3ccccc3)cc2/C=N\NC(=O)C(=O)NC2CC2)c1. The largest absolute Gasteiger partial charge is 0.345 e. The van der Waals surface area contributed by atoms with Crippen molar-refractivity contribution in [1.82, 2.24) is 20.5 Å². The molecule has 0 bridgehead atoms. The van der Waals surface area contributed by atoms with Gasteiger partial charge in [0, 0.05) is 23.4 Å². The lowest BCUT2D eigenvalue weighted by atomic mass is 10.1. The highest BCUT2D eigenvalue weighted by Crippen LogP contribution is 2.22. The van der Waals surface area contributed by atoms with E-state index in [0.29, 0.717) is 6.54 Å². The molecule has 2 N–H and O–H groups in total. The molecule has 3 aromatic rings. The van der Waals surface area contributed by atoms with Crippen molar-refractivity contribution in [2.24, 2.45) is 5.10 Å². The summed E-state index contributed by atoms with van der Waals surface area (Å²) in [5.41, 5.74) is 7.01. The van der Waals surface area contributed by atoms with E-state index in [1.54, 1.807) is 0 Å². The van der Waals surface area contributed by atoms with Gasteiger partial charge in [0.15, 0.2) is 0 Å². The number of rotatable bonds is 6. The number of hydrogen-bond acceptors (Lipinski definition) is 4. The van der Waals surface area contributed by atoms with E-state index in [9.17, 15) is 9.59 Å². The predicted molar refractivity (Wildman–Crippen MR) is 115 cm³/mol. The Hall–Kier alpha value is -3.74. The van der Waals surface area contributed by atoms with Crippen molar-refractivity contribution >= 4 is 18.0 Å². The van der Waals surface area contributed by atoms with Crippen LogP contribution in [-0.2, 0) is 16.1 Å². The number of aryl methyl sites for hydroxylation is 1. The first kappa shape index (κ1) is 19.6. The number of nitrogens with one attached hydrogen (secondary N) is 2. The molecule has 7 nitrogen and oxygen atoms in total. The molecule has 1 aromatic heterocycles. The van der Waals surface area contributed by atoms with E-state index in [4.69, 9.17) is 5.10 Å². The van der Waals surface area contributed by atoms with Crippen molar-refractivity contribution < 1.29 is 9.59 Å². The number of hydrazone groups is 1. The number of hydrogen-bond donors (Lipinski definition) is 2. The van der Waals surface area contributed by atoms with Crippen LogP contribution in [0.4, 0.5) is 0 Å². The molecule has 1 heterocycles. The van der Waals surface area contributed by atoms with Crippen molar-refractivity contribution in [3.8, 4) is 11.3 Å². The molecule has 0 radical (unpaired) electrons. The molecule has 1 saturated carbocycles. The van der Waals surface area contributed by atoms with Crippen LogP contribution < -0.4 is 10.7 Å². The Balaban J connectivity index is 1.54. The molecule has 7 heteroatoms. The zero-order valence-corrected chi connectivity index (χ0v) is 16.7. The highest BCUT2D eigenvalue weighted by Gasteiger charge is 2.26. The van der Waals surface area contributed by atoms with E-state index in [2.05, 4.69) is 15.8 Å². The van der Waals surface area contributed by atoms with Crippen LogP contribution in [0.15, 0.2) is 65.9 Å². The quantitative estimate of drug-likeness (QED) is 0.378. The van der Waals surface area contributed by atoms with E-state index < -0.39 is 11.8 Å². The number of nitrogens with zero attached hydrogens (tertiary/aromatic N) is 3. The zero-order valence-electron chi connectivity index (χ0n) is 16.7. The smallest absolute Gasteiger partial charge is 0.329 e. The maximum absolute atomic E-state index is 11.9. The van der Waals surface area contributed by atoms with Gasteiger partial charge in [-0.25, -0.2) is 5.43 Å². The van der Waals surface area contributed by atoms with Crippen LogP contribution in [0.25, 0.3) is 11.3 Å². The minimum absolute atomic E-state index is 0.122. The Morgan fingerprint density at radius 2 is 1.93 bits per heavy atom. The maximum atomic E-state index is 11.9. The molecule has 1 aliphatic rings. The van der Waals surface area contributed by atoms with Crippen molar-refractivity contribution in [2.45, 2.75) is 32.4 Å². The van der Waals surface area contributed by atoms with Gasteiger partial charge in [0.05, 0.1) is 12.8 Å². The number of carbonyl (C=O) groups excluding carboxylic acids is 2. The average molecular weight is 401 g/mol. The van der Waals surface area contributed by atoms with Crippen LogP contribution in [0.5, 0.6) is 0 Å². The first-order valence-electron chi connectivity index (χ1n) is 9.91. The molecular formula is C23H23N5O2. The zero-order chi connectivity index (χ0) is 20.9. The minimum atomic E-state index is -0.771. The fourth-order valence-electron chi connectivity index (χ4n) is 3.09. The van der Waals surface area contributed by atoms with Gasteiger partial charge in [-0.3, -0.25) is 14.3 Å². The molecule has 2 aromatic carbocycles. The Labute approximate surface area is 174 Å². The molecular weight excluding hydrogens is 378 g/mol. The van der Waals surface area contributed by atoms with Gasteiger partial charge in [0.25, 0.3) is 0 Å². The second kappa shape index (κ2) is 8.73. The van der Waals surface area contributed by atoms with E-state index in [1.807, 2.05) is 72.4 Å². The normalized spacial score (nSPS) is 13.4. The predicted octanol–water partition coefficient (Wildman–Crippen LogP) is 2.64. The third-order valence-corrected chi connectivity index (χ3v) is 4.76. The van der Waals surface area contributed by atoms with Crippen LogP contribution in [0.3, 0.4) is 0 Å². The Morgan fingerprint density at radius 3 is 2.67 bits per heavy atom. The van der Waals surface area contributed by atoms with E-state index >= 15 is 0 Å². The molecule has 30 heavy (non-hydrogen) atoms. The van der Waals surface area contributed by atoms with Gasteiger partial charge in [-0.2, -0.15) is 10.2 Å². The van der Waals surface area contributed by atoms with Crippen molar-refractivity contribution in [1.29, 1.82) is 0 Å². The Morgan fingerprint density at radius 1 is 1.13 bits per heavy atom. The second-order valence-electron chi connectivity index (χ2n) is 7.43. The number of carbonyl (C=O) groups is 2. The maximum Gasteiger partial charge on any atom is 0.329 e. The summed E-state index contributed by atoms with van der Waals surface area (Å²) in [6.07, 6.45) is 5.24. The Bertz CT molecular complexity index is 1080. The summed E-state index contributed by atoms with van der Waals surface area (Å²) >= 11 is 0.